The molecular weight excluding hydrogens is 279 g/mol. The third-order valence-electron chi connectivity index (χ3n) is 3.56. The molecule has 0 aliphatic rings. The Bertz CT molecular complexity index is 655. The molecule has 1 heterocycles. The monoisotopic (exact) mass is 300 g/mol. The van der Waals surface area contributed by atoms with E-state index in [9.17, 15) is 4.39 Å². The Morgan fingerprint density at radius 3 is 2.68 bits per heavy atom. The second kappa shape index (κ2) is 7.02. The Kier molecular flexibility index (Phi) is 5.09. The van der Waals surface area contributed by atoms with E-state index in [1.54, 1.807) is 12.5 Å². The lowest BCUT2D eigenvalue weighted by Crippen LogP contribution is -2.15. The summed E-state index contributed by atoms with van der Waals surface area (Å²) < 4.78 is 14.0. The van der Waals surface area contributed by atoms with Crippen LogP contribution in [0, 0.1) is 12.7 Å². The minimum atomic E-state index is -0.310. The van der Waals surface area contributed by atoms with Gasteiger partial charge in [-0.15, -0.1) is 0 Å². The molecule has 0 radical (unpaired) electrons. The van der Waals surface area contributed by atoms with Crippen LogP contribution in [0.1, 0.15) is 12.5 Å². The van der Waals surface area contributed by atoms with E-state index in [1.807, 2.05) is 55.9 Å². The molecule has 0 saturated heterocycles. The van der Waals surface area contributed by atoms with Crippen molar-refractivity contribution in [1.82, 2.24) is 9.88 Å². The molecule has 0 N–H and O–H groups in total. The van der Waals surface area contributed by atoms with Crippen LogP contribution in [0.5, 0.6) is 0 Å². The van der Waals surface area contributed by atoms with Gasteiger partial charge in [0.25, 0.3) is 0 Å². The first-order valence-corrected chi connectivity index (χ1v) is 7.22. The summed E-state index contributed by atoms with van der Waals surface area (Å²) in [5.41, 5.74) is 2.29. The lowest BCUT2D eigenvalue weighted by Gasteiger charge is -2.21. The normalized spacial score (nSPS) is 11.0. The van der Waals surface area contributed by atoms with Crippen molar-refractivity contribution in [2.75, 3.05) is 25.5 Å². The van der Waals surface area contributed by atoms with E-state index in [4.69, 9.17) is 0 Å². The minimum absolute atomic E-state index is 0.310. The van der Waals surface area contributed by atoms with Gasteiger partial charge in [-0.25, -0.2) is 14.4 Å². The van der Waals surface area contributed by atoms with Gasteiger partial charge in [0.15, 0.2) is 0 Å². The highest BCUT2D eigenvalue weighted by molar-refractivity contribution is 5.72. The molecule has 5 heteroatoms. The maximum absolute atomic E-state index is 14.0. The molecule has 1 aromatic heterocycles. The van der Waals surface area contributed by atoms with E-state index in [2.05, 4.69) is 9.98 Å². The zero-order chi connectivity index (χ0) is 16.1. The first-order valence-electron chi connectivity index (χ1n) is 7.22. The molecule has 0 fully saturated rings. The maximum atomic E-state index is 14.0. The molecule has 0 spiro atoms. The highest BCUT2D eigenvalue weighted by atomic mass is 19.1. The zero-order valence-corrected chi connectivity index (χ0v) is 13.4. The molecule has 0 saturated carbocycles. The fourth-order valence-electron chi connectivity index (χ4n) is 2.05. The molecule has 116 valence electrons. The molecule has 4 nitrogen and oxygen atoms in total. The molecule has 0 aliphatic carbocycles. The van der Waals surface area contributed by atoms with Crippen molar-refractivity contribution in [3.63, 3.8) is 0 Å². The van der Waals surface area contributed by atoms with Crippen LogP contribution < -0.4 is 4.90 Å². The molecule has 2 aromatic rings. The van der Waals surface area contributed by atoms with Crippen LogP contribution >= 0.6 is 0 Å². The SMILES string of the molecule is CCN(C)/C=N/c1cc(F)cc(N(C)c2ccccn2)c1C. The predicted octanol–water partition coefficient (Wildman–Crippen LogP) is 3.91. The number of aromatic nitrogens is 1. The number of rotatable bonds is 5. The highest BCUT2D eigenvalue weighted by Gasteiger charge is 2.12. The average Bonchev–Trinajstić information content (AvgIpc) is 2.55. The van der Waals surface area contributed by atoms with E-state index < -0.39 is 0 Å². The van der Waals surface area contributed by atoms with Crippen LogP contribution in [0.15, 0.2) is 41.5 Å². The summed E-state index contributed by atoms with van der Waals surface area (Å²) in [6.07, 6.45) is 3.43. The van der Waals surface area contributed by atoms with Gasteiger partial charge in [-0.1, -0.05) is 6.07 Å². The first-order chi connectivity index (χ1) is 10.5. The van der Waals surface area contributed by atoms with Crippen LogP contribution in [0.3, 0.4) is 0 Å². The van der Waals surface area contributed by atoms with Gasteiger partial charge in [0.2, 0.25) is 0 Å². The number of hydrogen-bond acceptors (Lipinski definition) is 3. The molecule has 0 amide bonds. The van der Waals surface area contributed by atoms with Crippen LogP contribution in [-0.4, -0.2) is 36.9 Å². The maximum Gasteiger partial charge on any atom is 0.132 e. The van der Waals surface area contributed by atoms with Gasteiger partial charge in [0.05, 0.1) is 17.7 Å². The van der Waals surface area contributed by atoms with Crippen molar-refractivity contribution >= 4 is 23.5 Å². The topological polar surface area (TPSA) is 31.7 Å². The summed E-state index contributed by atoms with van der Waals surface area (Å²) >= 11 is 0. The van der Waals surface area contributed by atoms with E-state index in [-0.39, 0.29) is 5.82 Å². The molecule has 0 atom stereocenters. The van der Waals surface area contributed by atoms with E-state index in [0.29, 0.717) is 5.69 Å². The fraction of sp³-hybridized carbons (Fsp3) is 0.294. The number of aliphatic imine (C=N–C) groups is 1. The molecular formula is C17H21FN4. The summed E-state index contributed by atoms with van der Waals surface area (Å²) in [5, 5.41) is 0. The Hall–Kier alpha value is -2.43. The lowest BCUT2D eigenvalue weighted by atomic mass is 10.1. The van der Waals surface area contributed by atoms with Crippen LogP contribution in [0.4, 0.5) is 21.6 Å². The van der Waals surface area contributed by atoms with Crippen molar-refractivity contribution in [3.8, 4) is 0 Å². The minimum Gasteiger partial charge on any atom is -0.366 e. The van der Waals surface area contributed by atoms with Crippen LogP contribution in [0.2, 0.25) is 0 Å². The van der Waals surface area contributed by atoms with Crippen molar-refractivity contribution < 1.29 is 4.39 Å². The van der Waals surface area contributed by atoms with E-state index in [0.717, 1.165) is 23.6 Å². The number of halogens is 1. The van der Waals surface area contributed by atoms with Gasteiger partial charge in [-0.05, 0) is 43.7 Å². The van der Waals surface area contributed by atoms with Crippen LogP contribution in [0.25, 0.3) is 0 Å². The highest BCUT2D eigenvalue weighted by Crippen LogP contribution is 2.32. The first kappa shape index (κ1) is 15.9. The van der Waals surface area contributed by atoms with Crippen molar-refractivity contribution in [1.29, 1.82) is 0 Å². The largest absolute Gasteiger partial charge is 0.366 e. The molecule has 22 heavy (non-hydrogen) atoms. The van der Waals surface area contributed by atoms with Gasteiger partial charge >= 0.3 is 0 Å². The molecule has 0 unspecified atom stereocenters. The fourth-order valence-corrected chi connectivity index (χ4v) is 2.05. The average molecular weight is 300 g/mol. The molecule has 2 rings (SSSR count). The molecule has 0 aliphatic heterocycles. The third-order valence-corrected chi connectivity index (χ3v) is 3.56. The Balaban J connectivity index is 2.40. The van der Waals surface area contributed by atoms with Gasteiger partial charge in [0, 0.05) is 26.8 Å². The van der Waals surface area contributed by atoms with E-state index in [1.165, 1.54) is 12.1 Å². The molecule has 1 aromatic carbocycles. The number of pyridine rings is 1. The van der Waals surface area contributed by atoms with Crippen molar-refractivity contribution in [2.24, 2.45) is 4.99 Å². The summed E-state index contributed by atoms with van der Waals surface area (Å²) in [4.78, 5) is 12.5. The summed E-state index contributed by atoms with van der Waals surface area (Å²) in [6, 6.07) is 8.60. The summed E-state index contributed by atoms with van der Waals surface area (Å²) in [5.74, 6) is 0.450. The molecule has 0 bridgehead atoms. The standard InChI is InChI=1S/C17H21FN4/c1-5-21(3)12-20-15-10-14(18)11-16(13(15)2)22(4)17-8-6-7-9-19-17/h6-12H,5H2,1-4H3/b20-12+. The Morgan fingerprint density at radius 2 is 2.05 bits per heavy atom. The predicted molar refractivity (Wildman–Crippen MR) is 89.9 cm³/mol. The second-order valence-electron chi connectivity index (χ2n) is 5.13. The second-order valence-corrected chi connectivity index (χ2v) is 5.13. The van der Waals surface area contributed by atoms with Gasteiger partial charge in [0.1, 0.15) is 11.6 Å². The summed E-state index contributed by atoms with van der Waals surface area (Å²) in [7, 11) is 3.80. The third kappa shape index (κ3) is 3.61. The van der Waals surface area contributed by atoms with Gasteiger partial charge in [-0.2, -0.15) is 0 Å². The summed E-state index contributed by atoms with van der Waals surface area (Å²) in [6.45, 7) is 4.82. The Morgan fingerprint density at radius 1 is 1.27 bits per heavy atom. The lowest BCUT2D eigenvalue weighted by molar-refractivity contribution is 0.552. The number of hydrogen-bond donors (Lipinski definition) is 0. The van der Waals surface area contributed by atoms with Crippen molar-refractivity contribution in [3.05, 3.63) is 47.9 Å². The number of benzene rings is 1. The van der Waals surface area contributed by atoms with Crippen molar-refractivity contribution in [2.45, 2.75) is 13.8 Å². The van der Waals surface area contributed by atoms with Gasteiger partial charge in [-0.3, -0.25) is 0 Å². The number of anilines is 2. The Labute approximate surface area is 130 Å². The zero-order valence-electron chi connectivity index (χ0n) is 13.4. The van der Waals surface area contributed by atoms with Crippen LogP contribution in [-0.2, 0) is 0 Å². The smallest absolute Gasteiger partial charge is 0.132 e. The van der Waals surface area contributed by atoms with Gasteiger partial charge < -0.3 is 9.80 Å². The number of nitrogens with zero attached hydrogens (tertiary/aromatic N) is 4. The van der Waals surface area contributed by atoms with E-state index >= 15 is 0 Å². The quantitative estimate of drug-likeness (QED) is 0.620.